The standard InChI is InChI=1S/C13H19NS2/c1-11-9-12(10-16-11)14-7-8-15-13-5-3-2-4-6-13/h2-6,11-12,14H,7-10H2,1H3. The Kier molecular flexibility index (Phi) is 5.07. The molecule has 1 N–H and O–H groups in total. The molecule has 0 saturated carbocycles. The average molecular weight is 253 g/mol. The van der Waals surface area contributed by atoms with Crippen LogP contribution in [0.5, 0.6) is 0 Å². The maximum Gasteiger partial charge on any atom is 0.0169 e. The minimum atomic E-state index is 0.747. The Bertz CT molecular complexity index is 302. The van der Waals surface area contributed by atoms with Gasteiger partial charge in [0.25, 0.3) is 0 Å². The largest absolute Gasteiger partial charge is 0.312 e. The lowest BCUT2D eigenvalue weighted by Gasteiger charge is -2.10. The molecule has 16 heavy (non-hydrogen) atoms. The number of hydrogen-bond donors (Lipinski definition) is 1. The SMILES string of the molecule is CC1CC(NCCSc2ccccc2)CS1. The van der Waals surface area contributed by atoms with Crippen molar-refractivity contribution >= 4 is 23.5 Å². The van der Waals surface area contributed by atoms with Crippen molar-refractivity contribution in [3.63, 3.8) is 0 Å². The molecule has 2 rings (SSSR count). The molecule has 2 unspecified atom stereocenters. The Morgan fingerprint density at radius 2 is 2.19 bits per heavy atom. The van der Waals surface area contributed by atoms with Gasteiger partial charge in [-0.05, 0) is 18.6 Å². The molecule has 0 aromatic heterocycles. The normalized spacial score (nSPS) is 24.8. The molecule has 1 aliphatic rings. The molecule has 1 aliphatic heterocycles. The van der Waals surface area contributed by atoms with Crippen molar-refractivity contribution in [3.8, 4) is 0 Å². The Balaban J connectivity index is 1.59. The van der Waals surface area contributed by atoms with E-state index in [9.17, 15) is 0 Å². The first kappa shape index (κ1) is 12.3. The van der Waals surface area contributed by atoms with Crippen molar-refractivity contribution in [1.82, 2.24) is 5.32 Å². The van der Waals surface area contributed by atoms with Gasteiger partial charge in [-0.2, -0.15) is 11.8 Å². The third kappa shape index (κ3) is 4.04. The highest BCUT2D eigenvalue weighted by Gasteiger charge is 2.20. The molecule has 0 radical (unpaired) electrons. The fourth-order valence-corrected chi connectivity index (χ4v) is 3.90. The predicted octanol–water partition coefficient (Wildman–Crippen LogP) is 3.26. The first-order valence-electron chi connectivity index (χ1n) is 5.87. The van der Waals surface area contributed by atoms with Crippen LogP contribution in [0, 0.1) is 0 Å². The van der Waals surface area contributed by atoms with E-state index >= 15 is 0 Å². The van der Waals surface area contributed by atoms with Crippen LogP contribution in [-0.4, -0.2) is 29.3 Å². The van der Waals surface area contributed by atoms with Crippen molar-refractivity contribution < 1.29 is 0 Å². The molecule has 0 bridgehead atoms. The highest BCUT2D eigenvalue weighted by molar-refractivity contribution is 8.00. The van der Waals surface area contributed by atoms with Crippen LogP contribution in [-0.2, 0) is 0 Å². The van der Waals surface area contributed by atoms with Crippen LogP contribution < -0.4 is 5.32 Å². The van der Waals surface area contributed by atoms with Crippen LogP contribution in [0.1, 0.15) is 13.3 Å². The summed E-state index contributed by atoms with van der Waals surface area (Å²) in [4.78, 5) is 1.37. The third-order valence-electron chi connectivity index (χ3n) is 2.75. The summed E-state index contributed by atoms with van der Waals surface area (Å²) in [6, 6.07) is 11.4. The van der Waals surface area contributed by atoms with E-state index in [0.29, 0.717) is 0 Å². The molecule has 1 saturated heterocycles. The van der Waals surface area contributed by atoms with Crippen LogP contribution in [0.3, 0.4) is 0 Å². The fourth-order valence-electron chi connectivity index (χ4n) is 1.91. The zero-order valence-electron chi connectivity index (χ0n) is 9.69. The molecular weight excluding hydrogens is 234 g/mol. The Morgan fingerprint density at radius 1 is 1.38 bits per heavy atom. The summed E-state index contributed by atoms with van der Waals surface area (Å²) >= 11 is 4.03. The summed E-state index contributed by atoms with van der Waals surface area (Å²) in [6.45, 7) is 3.45. The van der Waals surface area contributed by atoms with Crippen molar-refractivity contribution in [2.45, 2.75) is 29.5 Å². The first-order chi connectivity index (χ1) is 7.84. The van der Waals surface area contributed by atoms with E-state index in [1.54, 1.807) is 0 Å². The minimum absolute atomic E-state index is 0.747. The Hall–Kier alpha value is -0.120. The summed E-state index contributed by atoms with van der Waals surface area (Å²) in [5.74, 6) is 2.46. The van der Waals surface area contributed by atoms with E-state index in [2.05, 4.69) is 54.3 Å². The lowest BCUT2D eigenvalue weighted by atomic mass is 10.2. The molecule has 3 heteroatoms. The zero-order chi connectivity index (χ0) is 11.2. The number of thioether (sulfide) groups is 2. The lowest BCUT2D eigenvalue weighted by Crippen LogP contribution is -2.30. The van der Waals surface area contributed by atoms with Gasteiger partial charge in [0.2, 0.25) is 0 Å². The second-order valence-corrected chi connectivity index (χ2v) is 6.83. The number of benzene rings is 1. The molecule has 1 aromatic carbocycles. The summed E-state index contributed by atoms with van der Waals surface area (Å²) < 4.78 is 0. The van der Waals surface area contributed by atoms with E-state index in [-0.39, 0.29) is 0 Å². The van der Waals surface area contributed by atoms with Gasteiger partial charge >= 0.3 is 0 Å². The average Bonchev–Trinajstić information content (AvgIpc) is 2.72. The Labute approximate surface area is 107 Å². The summed E-state index contributed by atoms with van der Waals surface area (Å²) in [6.07, 6.45) is 1.33. The maximum absolute atomic E-state index is 3.64. The highest BCUT2D eigenvalue weighted by atomic mass is 32.2. The van der Waals surface area contributed by atoms with E-state index in [4.69, 9.17) is 0 Å². The highest BCUT2D eigenvalue weighted by Crippen LogP contribution is 2.25. The van der Waals surface area contributed by atoms with E-state index in [1.165, 1.54) is 22.8 Å². The van der Waals surface area contributed by atoms with Gasteiger partial charge in [0.15, 0.2) is 0 Å². The topological polar surface area (TPSA) is 12.0 Å². The first-order valence-corrected chi connectivity index (χ1v) is 7.91. The van der Waals surface area contributed by atoms with Gasteiger partial charge in [-0.25, -0.2) is 0 Å². The smallest absolute Gasteiger partial charge is 0.0169 e. The van der Waals surface area contributed by atoms with E-state index in [1.807, 2.05) is 11.8 Å². The molecule has 88 valence electrons. The Morgan fingerprint density at radius 3 is 2.88 bits per heavy atom. The third-order valence-corrected chi connectivity index (χ3v) is 5.12. The van der Waals surface area contributed by atoms with Gasteiger partial charge in [-0.1, -0.05) is 25.1 Å². The summed E-state index contributed by atoms with van der Waals surface area (Å²) in [7, 11) is 0. The van der Waals surface area contributed by atoms with Crippen LogP contribution >= 0.6 is 23.5 Å². The molecule has 1 fully saturated rings. The van der Waals surface area contributed by atoms with Crippen LogP contribution in [0.15, 0.2) is 35.2 Å². The van der Waals surface area contributed by atoms with Gasteiger partial charge < -0.3 is 5.32 Å². The quantitative estimate of drug-likeness (QED) is 0.639. The van der Waals surface area contributed by atoms with E-state index in [0.717, 1.165) is 17.8 Å². The summed E-state index contributed by atoms with van der Waals surface area (Å²) in [5.41, 5.74) is 0. The lowest BCUT2D eigenvalue weighted by molar-refractivity contribution is 0.559. The summed E-state index contributed by atoms with van der Waals surface area (Å²) in [5, 5.41) is 4.49. The monoisotopic (exact) mass is 253 g/mol. The fraction of sp³-hybridized carbons (Fsp3) is 0.538. The van der Waals surface area contributed by atoms with Crippen LogP contribution in [0.25, 0.3) is 0 Å². The number of rotatable bonds is 5. The van der Waals surface area contributed by atoms with Crippen LogP contribution in [0.4, 0.5) is 0 Å². The zero-order valence-corrected chi connectivity index (χ0v) is 11.3. The second kappa shape index (κ2) is 6.58. The molecule has 0 aliphatic carbocycles. The predicted molar refractivity (Wildman–Crippen MR) is 75.5 cm³/mol. The van der Waals surface area contributed by atoms with Gasteiger partial charge in [0.1, 0.15) is 0 Å². The van der Waals surface area contributed by atoms with Gasteiger partial charge in [-0.15, -0.1) is 11.8 Å². The molecule has 1 aromatic rings. The number of hydrogen-bond acceptors (Lipinski definition) is 3. The number of nitrogens with one attached hydrogen (secondary N) is 1. The van der Waals surface area contributed by atoms with E-state index < -0.39 is 0 Å². The van der Waals surface area contributed by atoms with Crippen molar-refractivity contribution in [2.24, 2.45) is 0 Å². The molecule has 0 spiro atoms. The molecule has 0 amide bonds. The maximum atomic E-state index is 3.64. The van der Waals surface area contributed by atoms with Crippen molar-refractivity contribution in [1.29, 1.82) is 0 Å². The minimum Gasteiger partial charge on any atom is -0.312 e. The molecular formula is C13H19NS2. The second-order valence-electron chi connectivity index (χ2n) is 4.19. The molecule has 2 atom stereocenters. The molecule has 1 heterocycles. The van der Waals surface area contributed by atoms with Gasteiger partial charge in [0, 0.05) is 34.2 Å². The van der Waals surface area contributed by atoms with Gasteiger partial charge in [0.05, 0.1) is 0 Å². The van der Waals surface area contributed by atoms with Crippen molar-refractivity contribution in [3.05, 3.63) is 30.3 Å². The van der Waals surface area contributed by atoms with Crippen molar-refractivity contribution in [2.75, 3.05) is 18.1 Å². The van der Waals surface area contributed by atoms with Crippen LogP contribution in [0.2, 0.25) is 0 Å². The molecule has 1 nitrogen and oxygen atoms in total. The van der Waals surface area contributed by atoms with Gasteiger partial charge in [-0.3, -0.25) is 0 Å².